The molecule has 84 valence electrons. The van der Waals surface area contributed by atoms with Crippen LogP contribution >= 0.6 is 0 Å². The summed E-state index contributed by atoms with van der Waals surface area (Å²) < 4.78 is 22.8. The summed E-state index contributed by atoms with van der Waals surface area (Å²) in [5.74, 6) is -0.388. The van der Waals surface area contributed by atoms with Gasteiger partial charge in [-0.2, -0.15) is 0 Å². The minimum absolute atomic E-state index is 0.388. The minimum Gasteiger partial charge on any atom is -0.383 e. The van der Waals surface area contributed by atoms with Crippen LogP contribution in [0.5, 0.6) is 0 Å². The highest BCUT2D eigenvalue weighted by Gasteiger charge is 2.21. The van der Waals surface area contributed by atoms with Crippen molar-refractivity contribution in [3.05, 3.63) is 35.1 Å². The largest absolute Gasteiger partial charge is 0.383 e. The number of aryl methyl sites for hydroxylation is 1. The Morgan fingerprint density at radius 3 is 2.40 bits per heavy atom. The highest BCUT2D eigenvalue weighted by molar-refractivity contribution is 5.28. The van der Waals surface area contributed by atoms with E-state index >= 15 is 0 Å². The van der Waals surface area contributed by atoms with Crippen LogP contribution in [-0.4, -0.2) is 25.6 Å². The lowest BCUT2D eigenvalue weighted by molar-refractivity contribution is -0.166. The van der Waals surface area contributed by atoms with E-state index in [4.69, 9.17) is 9.47 Å². The molecule has 3 nitrogen and oxygen atoms in total. The summed E-state index contributed by atoms with van der Waals surface area (Å²) in [4.78, 5) is 0. The molecule has 0 saturated carbocycles. The van der Waals surface area contributed by atoms with Gasteiger partial charge in [0.25, 0.3) is 0 Å². The van der Waals surface area contributed by atoms with Gasteiger partial charge in [-0.15, -0.1) is 0 Å². The van der Waals surface area contributed by atoms with Gasteiger partial charge in [0.05, 0.1) is 0 Å². The second kappa shape index (κ2) is 5.21. The van der Waals surface area contributed by atoms with Crippen LogP contribution in [0.3, 0.4) is 0 Å². The van der Waals surface area contributed by atoms with Crippen molar-refractivity contribution in [3.8, 4) is 0 Å². The second-order valence-electron chi connectivity index (χ2n) is 3.29. The van der Waals surface area contributed by atoms with E-state index < -0.39 is 12.4 Å². The van der Waals surface area contributed by atoms with Crippen molar-refractivity contribution in [3.63, 3.8) is 0 Å². The summed E-state index contributed by atoms with van der Waals surface area (Å²) in [5, 5.41) is 9.87. The third kappa shape index (κ3) is 2.75. The zero-order valence-corrected chi connectivity index (χ0v) is 9.03. The molecule has 0 bridgehead atoms. The zero-order valence-electron chi connectivity index (χ0n) is 9.03. The van der Waals surface area contributed by atoms with Gasteiger partial charge in [-0.1, -0.05) is 6.07 Å². The summed E-state index contributed by atoms with van der Waals surface area (Å²) >= 11 is 0. The van der Waals surface area contributed by atoms with Crippen molar-refractivity contribution in [1.29, 1.82) is 0 Å². The summed E-state index contributed by atoms with van der Waals surface area (Å²) in [6, 6.07) is 4.24. The fourth-order valence-electron chi connectivity index (χ4n) is 1.43. The monoisotopic (exact) mass is 214 g/mol. The minimum atomic E-state index is -0.990. The van der Waals surface area contributed by atoms with E-state index in [1.54, 1.807) is 13.0 Å². The summed E-state index contributed by atoms with van der Waals surface area (Å²) in [7, 11) is 2.85. The predicted octanol–water partition coefficient (Wildman–Crippen LogP) is 1.79. The first kappa shape index (κ1) is 12.1. The lowest BCUT2D eigenvalue weighted by atomic mass is 10.0. The average molecular weight is 214 g/mol. The number of aliphatic hydroxyl groups excluding tert-OH is 1. The Balaban J connectivity index is 2.98. The molecule has 1 aromatic carbocycles. The molecule has 1 atom stereocenters. The maximum absolute atomic E-state index is 13.0. The highest BCUT2D eigenvalue weighted by atomic mass is 19.1. The predicted molar refractivity (Wildman–Crippen MR) is 53.9 cm³/mol. The maximum Gasteiger partial charge on any atom is 0.187 e. The molecule has 1 aromatic rings. The van der Waals surface area contributed by atoms with Crippen LogP contribution in [-0.2, 0) is 9.47 Å². The molecular weight excluding hydrogens is 199 g/mol. The molecule has 1 rings (SSSR count). The molecule has 0 fully saturated rings. The van der Waals surface area contributed by atoms with Crippen LogP contribution in [0, 0.1) is 12.7 Å². The molecule has 1 N–H and O–H groups in total. The Hall–Kier alpha value is -0.970. The lowest BCUT2D eigenvalue weighted by Crippen LogP contribution is -2.23. The number of benzene rings is 1. The van der Waals surface area contributed by atoms with Crippen molar-refractivity contribution in [2.24, 2.45) is 0 Å². The first-order valence-corrected chi connectivity index (χ1v) is 4.60. The van der Waals surface area contributed by atoms with E-state index in [2.05, 4.69) is 0 Å². The molecule has 1 unspecified atom stereocenters. The van der Waals surface area contributed by atoms with Gasteiger partial charge in [0, 0.05) is 14.2 Å². The van der Waals surface area contributed by atoms with Gasteiger partial charge in [0.1, 0.15) is 11.9 Å². The van der Waals surface area contributed by atoms with E-state index in [0.29, 0.717) is 5.56 Å². The van der Waals surface area contributed by atoms with Crippen LogP contribution < -0.4 is 0 Å². The van der Waals surface area contributed by atoms with Crippen LogP contribution in [0.15, 0.2) is 18.2 Å². The second-order valence-corrected chi connectivity index (χ2v) is 3.29. The van der Waals surface area contributed by atoms with Gasteiger partial charge in [-0.3, -0.25) is 0 Å². The SMILES string of the molecule is COC(OC)C(O)c1cc(F)ccc1C. The number of hydrogen-bond donors (Lipinski definition) is 1. The topological polar surface area (TPSA) is 38.7 Å². The smallest absolute Gasteiger partial charge is 0.187 e. The van der Waals surface area contributed by atoms with Gasteiger partial charge in [0.2, 0.25) is 0 Å². The van der Waals surface area contributed by atoms with Crippen LogP contribution in [0.4, 0.5) is 4.39 Å². The molecule has 15 heavy (non-hydrogen) atoms. The fraction of sp³-hybridized carbons (Fsp3) is 0.455. The van der Waals surface area contributed by atoms with E-state index in [9.17, 15) is 9.50 Å². The summed E-state index contributed by atoms with van der Waals surface area (Å²) in [5.41, 5.74) is 1.27. The number of rotatable bonds is 4. The summed E-state index contributed by atoms with van der Waals surface area (Å²) in [6.07, 6.45) is -1.78. The molecule has 0 spiro atoms. The number of ether oxygens (including phenoxy) is 2. The quantitative estimate of drug-likeness (QED) is 0.776. The first-order chi connectivity index (χ1) is 7.10. The van der Waals surface area contributed by atoms with Gasteiger partial charge in [0.15, 0.2) is 6.29 Å². The molecule has 0 aliphatic carbocycles. The number of hydrogen-bond acceptors (Lipinski definition) is 3. The van der Waals surface area contributed by atoms with Crippen molar-refractivity contribution in [2.45, 2.75) is 19.3 Å². The van der Waals surface area contributed by atoms with Crippen molar-refractivity contribution < 1.29 is 19.0 Å². The van der Waals surface area contributed by atoms with Crippen LogP contribution in [0.2, 0.25) is 0 Å². The zero-order chi connectivity index (χ0) is 11.4. The molecule has 0 radical (unpaired) electrons. The Bertz CT molecular complexity index is 324. The van der Waals surface area contributed by atoms with Crippen molar-refractivity contribution in [2.75, 3.05) is 14.2 Å². The maximum atomic E-state index is 13.0. The molecular formula is C11H15FO3. The van der Waals surface area contributed by atoms with Gasteiger partial charge < -0.3 is 14.6 Å². The summed E-state index contributed by atoms with van der Waals surface area (Å²) in [6.45, 7) is 1.79. The Kier molecular flexibility index (Phi) is 4.20. The Morgan fingerprint density at radius 1 is 1.27 bits per heavy atom. The lowest BCUT2D eigenvalue weighted by Gasteiger charge is -2.21. The fourth-order valence-corrected chi connectivity index (χ4v) is 1.43. The number of methoxy groups -OCH3 is 2. The molecule has 0 heterocycles. The number of aliphatic hydroxyl groups is 1. The third-order valence-electron chi connectivity index (χ3n) is 2.28. The van der Waals surface area contributed by atoms with Crippen molar-refractivity contribution >= 4 is 0 Å². The van der Waals surface area contributed by atoms with E-state index in [1.165, 1.54) is 26.4 Å². The standard InChI is InChI=1S/C11H15FO3/c1-7-4-5-8(12)6-9(7)10(13)11(14-2)15-3/h4-6,10-11,13H,1-3H3. The molecule has 0 aliphatic rings. The Labute approximate surface area is 88.4 Å². The van der Waals surface area contributed by atoms with Gasteiger partial charge in [-0.25, -0.2) is 4.39 Å². The molecule has 0 aromatic heterocycles. The Morgan fingerprint density at radius 2 is 1.87 bits per heavy atom. The van der Waals surface area contributed by atoms with Gasteiger partial charge in [-0.05, 0) is 30.2 Å². The molecule has 4 heteroatoms. The highest BCUT2D eigenvalue weighted by Crippen LogP contribution is 2.23. The van der Waals surface area contributed by atoms with Crippen LogP contribution in [0.1, 0.15) is 17.2 Å². The van der Waals surface area contributed by atoms with E-state index in [-0.39, 0.29) is 5.82 Å². The normalized spacial score (nSPS) is 13.2. The van der Waals surface area contributed by atoms with Gasteiger partial charge >= 0.3 is 0 Å². The van der Waals surface area contributed by atoms with Crippen molar-refractivity contribution in [1.82, 2.24) is 0 Å². The number of halogens is 1. The molecule has 0 saturated heterocycles. The van der Waals surface area contributed by atoms with E-state index in [1.807, 2.05) is 0 Å². The average Bonchev–Trinajstić information content (AvgIpc) is 2.23. The van der Waals surface area contributed by atoms with E-state index in [0.717, 1.165) is 5.56 Å². The molecule has 0 amide bonds. The first-order valence-electron chi connectivity index (χ1n) is 4.60. The third-order valence-corrected chi connectivity index (χ3v) is 2.28. The molecule has 0 aliphatic heterocycles. The van der Waals surface area contributed by atoms with Crippen LogP contribution in [0.25, 0.3) is 0 Å².